The number of nitrogens with zero attached hydrogens (tertiary/aromatic N) is 1. The highest BCUT2D eigenvalue weighted by Gasteiger charge is 2.59. The zero-order valence-electron chi connectivity index (χ0n) is 16.9. The molecule has 2 aromatic carbocycles. The van der Waals surface area contributed by atoms with E-state index in [9.17, 15) is 19.2 Å². The number of hydrogen-bond donors (Lipinski definition) is 1. The number of anilines is 2. The van der Waals surface area contributed by atoms with E-state index < -0.39 is 18.5 Å². The second-order valence-corrected chi connectivity index (χ2v) is 9.11. The van der Waals surface area contributed by atoms with Crippen LogP contribution >= 0.6 is 15.9 Å². The summed E-state index contributed by atoms with van der Waals surface area (Å²) in [5.74, 6) is -2.00. The molecule has 0 aromatic heterocycles. The smallest absolute Gasteiger partial charge is 0.338 e. The largest absolute Gasteiger partial charge is 0.452 e. The molecule has 5 rings (SSSR count). The van der Waals surface area contributed by atoms with Gasteiger partial charge in [0.1, 0.15) is 0 Å². The number of halogens is 1. The first-order valence-electron chi connectivity index (χ1n) is 10.3. The quantitative estimate of drug-likeness (QED) is 0.389. The Morgan fingerprint density at radius 2 is 1.66 bits per heavy atom. The number of carbonyl (C=O) groups excluding carboxylic acids is 4. The summed E-state index contributed by atoms with van der Waals surface area (Å²) in [5.41, 5.74) is 1.09. The van der Waals surface area contributed by atoms with Crippen molar-refractivity contribution in [1.29, 1.82) is 0 Å². The second-order valence-electron chi connectivity index (χ2n) is 8.19. The number of hydrogen-bond acceptors (Lipinski definition) is 5. The molecule has 8 heteroatoms. The van der Waals surface area contributed by atoms with Crippen molar-refractivity contribution in [3.8, 4) is 0 Å². The van der Waals surface area contributed by atoms with E-state index in [-0.39, 0.29) is 41.0 Å². The summed E-state index contributed by atoms with van der Waals surface area (Å²) in [7, 11) is 0. The third kappa shape index (κ3) is 3.54. The lowest BCUT2D eigenvalue weighted by Crippen LogP contribution is -2.33. The number of benzene rings is 2. The Morgan fingerprint density at radius 1 is 1.00 bits per heavy atom. The van der Waals surface area contributed by atoms with Crippen molar-refractivity contribution in [2.24, 2.45) is 23.7 Å². The van der Waals surface area contributed by atoms with Crippen LogP contribution in [0.5, 0.6) is 0 Å². The number of nitrogens with one attached hydrogen (secondary N) is 1. The number of allylic oxidation sites excluding steroid dienone is 2. The second kappa shape index (κ2) is 8.02. The number of esters is 1. The van der Waals surface area contributed by atoms with Crippen LogP contribution in [-0.4, -0.2) is 30.3 Å². The zero-order valence-corrected chi connectivity index (χ0v) is 18.4. The Bertz CT molecular complexity index is 1130. The van der Waals surface area contributed by atoms with Crippen LogP contribution in [0.4, 0.5) is 11.4 Å². The molecular weight excluding hydrogens is 476 g/mol. The lowest BCUT2D eigenvalue weighted by atomic mass is 9.85. The maximum atomic E-state index is 13.0. The van der Waals surface area contributed by atoms with Gasteiger partial charge in [0.15, 0.2) is 6.61 Å². The molecule has 2 fully saturated rings. The van der Waals surface area contributed by atoms with Crippen LogP contribution in [0.3, 0.4) is 0 Å². The lowest BCUT2D eigenvalue weighted by Gasteiger charge is -2.18. The Balaban J connectivity index is 1.25. The summed E-state index contributed by atoms with van der Waals surface area (Å²) < 4.78 is 6.00. The molecule has 7 nitrogen and oxygen atoms in total. The number of imide groups is 1. The number of carbonyl (C=O) groups is 4. The van der Waals surface area contributed by atoms with Gasteiger partial charge in [0.05, 0.1) is 23.1 Å². The van der Waals surface area contributed by atoms with Gasteiger partial charge in [0, 0.05) is 10.2 Å². The molecule has 0 spiro atoms. The summed E-state index contributed by atoms with van der Waals surface area (Å²) in [6, 6.07) is 13.2. The van der Waals surface area contributed by atoms with Crippen molar-refractivity contribution in [2.45, 2.75) is 6.42 Å². The first-order chi connectivity index (χ1) is 15.4. The molecule has 1 saturated carbocycles. The monoisotopic (exact) mass is 494 g/mol. The molecule has 1 aliphatic heterocycles. The van der Waals surface area contributed by atoms with E-state index in [0.717, 1.165) is 10.9 Å². The molecule has 32 heavy (non-hydrogen) atoms. The summed E-state index contributed by atoms with van der Waals surface area (Å²) in [5, 5.41) is 2.64. The van der Waals surface area contributed by atoms with Gasteiger partial charge in [0.2, 0.25) is 11.8 Å². The van der Waals surface area contributed by atoms with E-state index in [1.54, 1.807) is 36.4 Å². The Morgan fingerprint density at radius 3 is 2.31 bits per heavy atom. The highest BCUT2D eigenvalue weighted by molar-refractivity contribution is 9.10. The average Bonchev–Trinajstić information content (AvgIpc) is 3.47. The maximum absolute atomic E-state index is 13.0. The fraction of sp³-hybridized carbons (Fsp3) is 0.250. The fourth-order valence-corrected chi connectivity index (χ4v) is 5.14. The van der Waals surface area contributed by atoms with Gasteiger partial charge in [-0.15, -0.1) is 0 Å². The van der Waals surface area contributed by atoms with E-state index >= 15 is 0 Å². The number of ether oxygens (including phenoxy) is 1. The summed E-state index contributed by atoms with van der Waals surface area (Å²) in [6.45, 7) is -0.458. The molecule has 0 radical (unpaired) electrons. The lowest BCUT2D eigenvalue weighted by molar-refractivity contribution is -0.123. The Labute approximate surface area is 192 Å². The van der Waals surface area contributed by atoms with Crippen molar-refractivity contribution < 1.29 is 23.9 Å². The van der Waals surface area contributed by atoms with Crippen LogP contribution in [0.2, 0.25) is 0 Å². The molecule has 1 saturated heterocycles. The Hall–Kier alpha value is -3.26. The first kappa shape index (κ1) is 20.6. The molecule has 3 amide bonds. The molecule has 2 aromatic rings. The molecule has 2 aliphatic carbocycles. The molecule has 1 N–H and O–H groups in total. The van der Waals surface area contributed by atoms with Crippen molar-refractivity contribution >= 4 is 51.0 Å². The van der Waals surface area contributed by atoms with E-state index in [1.807, 2.05) is 12.2 Å². The third-order valence-electron chi connectivity index (χ3n) is 6.27. The van der Waals surface area contributed by atoms with Crippen LogP contribution in [-0.2, 0) is 19.1 Å². The minimum Gasteiger partial charge on any atom is -0.452 e. The van der Waals surface area contributed by atoms with Crippen LogP contribution < -0.4 is 10.2 Å². The third-order valence-corrected chi connectivity index (χ3v) is 6.80. The molecule has 2 bridgehead atoms. The van der Waals surface area contributed by atoms with Gasteiger partial charge in [-0.25, -0.2) is 9.69 Å². The van der Waals surface area contributed by atoms with Crippen LogP contribution in [0.25, 0.3) is 0 Å². The van der Waals surface area contributed by atoms with Crippen molar-refractivity contribution in [2.75, 3.05) is 16.8 Å². The average molecular weight is 495 g/mol. The molecule has 4 atom stereocenters. The van der Waals surface area contributed by atoms with Gasteiger partial charge in [-0.05, 0) is 60.7 Å². The van der Waals surface area contributed by atoms with Gasteiger partial charge >= 0.3 is 5.97 Å². The minimum absolute atomic E-state index is 0.115. The highest BCUT2D eigenvalue weighted by Crippen LogP contribution is 2.53. The maximum Gasteiger partial charge on any atom is 0.338 e. The van der Waals surface area contributed by atoms with Gasteiger partial charge in [-0.2, -0.15) is 0 Å². The van der Waals surface area contributed by atoms with E-state index in [0.29, 0.717) is 11.4 Å². The fourth-order valence-electron chi connectivity index (χ4n) is 4.87. The molecular formula is C24H19BrN2O5. The highest BCUT2D eigenvalue weighted by atomic mass is 79.9. The first-order valence-corrected chi connectivity index (χ1v) is 11.1. The number of amides is 3. The molecule has 162 valence electrons. The molecule has 1 heterocycles. The summed E-state index contributed by atoms with van der Waals surface area (Å²) in [4.78, 5) is 51.7. The predicted molar refractivity (Wildman–Crippen MR) is 120 cm³/mol. The number of fused-ring (bicyclic) bond motifs is 5. The summed E-state index contributed by atoms with van der Waals surface area (Å²) in [6.07, 6.45) is 4.93. The minimum atomic E-state index is -0.709. The van der Waals surface area contributed by atoms with Crippen LogP contribution in [0.1, 0.15) is 16.8 Å². The normalized spacial score (nSPS) is 25.2. The standard InChI is InChI=1S/C24H19BrN2O5/c25-16-6-8-17(9-7-16)26-19(28)12-32-24(31)15-2-1-3-18(11-15)27-22(29)20-13-4-5-14(10-13)21(20)23(27)30/h1-9,11,13-14,20-21H,10,12H2,(H,26,28)/t13-,14-,20-,21-/m0/s1. The predicted octanol–water partition coefficient (Wildman–Crippen LogP) is 3.56. The molecule has 3 aliphatic rings. The van der Waals surface area contributed by atoms with Crippen molar-refractivity contribution in [3.63, 3.8) is 0 Å². The molecule has 0 unspecified atom stereocenters. The van der Waals surface area contributed by atoms with E-state index in [2.05, 4.69) is 21.2 Å². The topological polar surface area (TPSA) is 92.8 Å². The van der Waals surface area contributed by atoms with Gasteiger partial charge < -0.3 is 10.1 Å². The van der Waals surface area contributed by atoms with Crippen molar-refractivity contribution in [3.05, 3.63) is 70.7 Å². The Kier molecular flexibility index (Phi) is 5.17. The van der Waals surface area contributed by atoms with Gasteiger partial charge in [-0.1, -0.05) is 34.1 Å². The van der Waals surface area contributed by atoms with Crippen molar-refractivity contribution in [1.82, 2.24) is 0 Å². The van der Waals surface area contributed by atoms with Gasteiger partial charge in [0.25, 0.3) is 5.91 Å². The SMILES string of the molecule is O=C(COC(=O)c1cccc(N2C(=O)[C@@H]3[C@@H](C2=O)[C@H]2C=C[C@H]3C2)c1)Nc1ccc(Br)cc1. The summed E-state index contributed by atoms with van der Waals surface area (Å²) >= 11 is 3.32. The van der Waals surface area contributed by atoms with E-state index in [1.165, 1.54) is 17.0 Å². The zero-order chi connectivity index (χ0) is 22.4. The van der Waals surface area contributed by atoms with Gasteiger partial charge in [-0.3, -0.25) is 14.4 Å². The number of rotatable bonds is 5. The van der Waals surface area contributed by atoms with E-state index in [4.69, 9.17) is 4.74 Å². The van der Waals surface area contributed by atoms with Crippen LogP contribution in [0, 0.1) is 23.7 Å². The van der Waals surface area contributed by atoms with Crippen LogP contribution in [0.15, 0.2) is 65.2 Å².